The summed E-state index contributed by atoms with van der Waals surface area (Å²) in [7, 11) is 2.07. The molecule has 1 fully saturated rings. The average Bonchev–Trinajstić information content (AvgIpc) is 2.30. The molecule has 17 heavy (non-hydrogen) atoms. The first-order valence-corrected chi connectivity index (χ1v) is 5.35. The number of benzene rings is 1. The van der Waals surface area contributed by atoms with Gasteiger partial charge in [0.2, 0.25) is 0 Å². The van der Waals surface area contributed by atoms with E-state index in [0.717, 1.165) is 31.9 Å². The summed E-state index contributed by atoms with van der Waals surface area (Å²) in [5.41, 5.74) is 0.938. The lowest BCUT2D eigenvalue weighted by atomic mass is 10.2. The largest absolute Gasteiger partial charge is 1.00 e. The third-order valence-electron chi connectivity index (χ3n) is 2.92. The molecule has 0 atom stereocenters. The van der Waals surface area contributed by atoms with Crippen LogP contribution in [0, 0.1) is 10.1 Å². The zero-order valence-electron chi connectivity index (χ0n) is 9.67. The number of para-hydroxylation sites is 2. The smallest absolute Gasteiger partial charge is 0.292 e. The van der Waals surface area contributed by atoms with Crippen molar-refractivity contribution in [3.8, 4) is 0 Å². The monoisotopic (exact) mass is 256 g/mol. The molecule has 0 amide bonds. The summed E-state index contributed by atoms with van der Waals surface area (Å²) in [6.45, 7) is 3.60. The van der Waals surface area contributed by atoms with E-state index in [-0.39, 0.29) is 23.0 Å². The number of hydrogen-bond acceptors (Lipinski definition) is 4. The molecule has 1 aliphatic rings. The fourth-order valence-electron chi connectivity index (χ4n) is 1.93. The van der Waals surface area contributed by atoms with Gasteiger partial charge in [0.1, 0.15) is 5.69 Å². The summed E-state index contributed by atoms with van der Waals surface area (Å²) in [5.74, 6) is 0. The van der Waals surface area contributed by atoms with Crippen LogP contribution >= 0.6 is 0 Å². The molecular formula is C11H15ClN3O2-. The highest BCUT2D eigenvalue weighted by atomic mass is 35.5. The van der Waals surface area contributed by atoms with E-state index in [1.807, 2.05) is 12.1 Å². The maximum absolute atomic E-state index is 10.9. The van der Waals surface area contributed by atoms with Gasteiger partial charge in [-0.15, -0.1) is 0 Å². The molecule has 6 heteroatoms. The zero-order chi connectivity index (χ0) is 11.5. The number of likely N-dealkylation sites (N-methyl/N-ethyl adjacent to an activating group) is 1. The van der Waals surface area contributed by atoms with Gasteiger partial charge in [0.25, 0.3) is 5.69 Å². The van der Waals surface area contributed by atoms with Crippen molar-refractivity contribution < 1.29 is 17.3 Å². The Kier molecular flexibility index (Phi) is 4.72. The Morgan fingerprint density at radius 1 is 1.18 bits per heavy atom. The van der Waals surface area contributed by atoms with Crippen LogP contribution in [0.4, 0.5) is 11.4 Å². The third-order valence-corrected chi connectivity index (χ3v) is 2.92. The number of hydrogen-bond donors (Lipinski definition) is 0. The highest BCUT2D eigenvalue weighted by Gasteiger charge is 2.21. The van der Waals surface area contributed by atoms with Gasteiger partial charge in [-0.25, -0.2) is 0 Å². The minimum atomic E-state index is -0.312. The molecule has 1 aliphatic heterocycles. The molecule has 0 N–H and O–H groups in total. The van der Waals surface area contributed by atoms with E-state index < -0.39 is 0 Å². The first-order chi connectivity index (χ1) is 7.68. The Morgan fingerprint density at radius 2 is 1.76 bits per heavy atom. The number of nitro benzene ring substituents is 1. The summed E-state index contributed by atoms with van der Waals surface area (Å²) in [5, 5.41) is 10.9. The molecule has 2 rings (SSSR count). The second kappa shape index (κ2) is 5.84. The molecule has 0 aromatic heterocycles. The number of nitro groups is 1. The van der Waals surface area contributed by atoms with Crippen molar-refractivity contribution in [2.24, 2.45) is 0 Å². The molecule has 0 radical (unpaired) electrons. The van der Waals surface area contributed by atoms with Gasteiger partial charge < -0.3 is 22.2 Å². The maximum atomic E-state index is 10.9. The second-order valence-corrected chi connectivity index (χ2v) is 4.04. The fraction of sp³-hybridized carbons (Fsp3) is 0.455. The lowest BCUT2D eigenvalue weighted by molar-refractivity contribution is -0.384. The van der Waals surface area contributed by atoms with Crippen LogP contribution in [-0.4, -0.2) is 43.0 Å². The van der Waals surface area contributed by atoms with Gasteiger partial charge >= 0.3 is 0 Å². The highest BCUT2D eigenvalue weighted by molar-refractivity contribution is 5.63. The molecule has 0 spiro atoms. The van der Waals surface area contributed by atoms with E-state index in [1.165, 1.54) is 0 Å². The quantitative estimate of drug-likeness (QED) is 0.470. The molecule has 1 saturated heterocycles. The number of anilines is 1. The molecule has 5 nitrogen and oxygen atoms in total. The molecule has 0 saturated carbocycles. The standard InChI is InChI=1S/C11H15N3O2.ClH/c1-12-6-8-13(9-7-12)10-4-2-3-5-11(10)14(15)16;/h2-5H,6-9H2,1H3;1H/p-1. The van der Waals surface area contributed by atoms with Gasteiger partial charge in [-0.05, 0) is 13.1 Å². The number of halogens is 1. The first kappa shape index (κ1) is 13.7. The first-order valence-electron chi connectivity index (χ1n) is 5.35. The van der Waals surface area contributed by atoms with Gasteiger partial charge in [-0.1, -0.05) is 12.1 Å². The third kappa shape index (κ3) is 3.08. The normalized spacial score (nSPS) is 16.4. The van der Waals surface area contributed by atoms with E-state index in [0.29, 0.717) is 0 Å². The molecule has 0 unspecified atom stereocenters. The molecule has 0 bridgehead atoms. The number of rotatable bonds is 2. The number of nitrogens with zero attached hydrogens (tertiary/aromatic N) is 3. The van der Waals surface area contributed by atoms with Crippen molar-refractivity contribution in [2.75, 3.05) is 38.1 Å². The van der Waals surface area contributed by atoms with Crippen molar-refractivity contribution in [3.63, 3.8) is 0 Å². The molecule has 94 valence electrons. The highest BCUT2D eigenvalue weighted by Crippen LogP contribution is 2.27. The van der Waals surface area contributed by atoms with Gasteiger partial charge in [-0.2, -0.15) is 0 Å². The lowest BCUT2D eigenvalue weighted by Gasteiger charge is -2.33. The topological polar surface area (TPSA) is 49.6 Å². The van der Waals surface area contributed by atoms with E-state index >= 15 is 0 Å². The minimum absolute atomic E-state index is 0. The van der Waals surface area contributed by atoms with Crippen molar-refractivity contribution in [1.82, 2.24) is 4.90 Å². The van der Waals surface area contributed by atoms with Crippen LogP contribution in [0.25, 0.3) is 0 Å². The van der Waals surface area contributed by atoms with E-state index in [1.54, 1.807) is 12.1 Å². The maximum Gasteiger partial charge on any atom is 0.292 e. The second-order valence-electron chi connectivity index (χ2n) is 4.04. The Morgan fingerprint density at radius 3 is 2.35 bits per heavy atom. The van der Waals surface area contributed by atoms with Crippen molar-refractivity contribution in [3.05, 3.63) is 34.4 Å². The predicted octanol–water partition coefficient (Wildman–Crippen LogP) is -1.65. The zero-order valence-corrected chi connectivity index (χ0v) is 10.4. The van der Waals surface area contributed by atoms with Gasteiger partial charge in [0, 0.05) is 32.2 Å². The SMILES string of the molecule is CN1CCN(c2ccccc2[N+](=O)[O-])CC1.[Cl-]. The Hall–Kier alpha value is -1.33. The Bertz CT molecular complexity index is 392. The van der Waals surface area contributed by atoms with Crippen LogP contribution in [0.1, 0.15) is 0 Å². The van der Waals surface area contributed by atoms with Crippen LogP contribution in [0.5, 0.6) is 0 Å². The average molecular weight is 257 g/mol. The Labute approximate surface area is 107 Å². The van der Waals surface area contributed by atoms with Crippen molar-refractivity contribution in [1.29, 1.82) is 0 Å². The lowest BCUT2D eigenvalue weighted by Crippen LogP contribution is -3.00. The minimum Gasteiger partial charge on any atom is -1.00 e. The van der Waals surface area contributed by atoms with Crippen LogP contribution in [-0.2, 0) is 0 Å². The summed E-state index contributed by atoms with van der Waals surface area (Å²) in [6, 6.07) is 6.94. The summed E-state index contributed by atoms with van der Waals surface area (Å²) < 4.78 is 0. The number of piperazine rings is 1. The van der Waals surface area contributed by atoms with Gasteiger partial charge in [0.15, 0.2) is 0 Å². The predicted molar refractivity (Wildman–Crippen MR) is 62.8 cm³/mol. The van der Waals surface area contributed by atoms with E-state index in [9.17, 15) is 10.1 Å². The van der Waals surface area contributed by atoms with Crippen LogP contribution in [0.15, 0.2) is 24.3 Å². The van der Waals surface area contributed by atoms with Crippen LogP contribution in [0.3, 0.4) is 0 Å². The summed E-state index contributed by atoms with van der Waals surface area (Å²) in [4.78, 5) is 14.9. The molecule has 1 heterocycles. The Balaban J connectivity index is 0.00000144. The van der Waals surface area contributed by atoms with Crippen LogP contribution < -0.4 is 17.3 Å². The summed E-state index contributed by atoms with van der Waals surface area (Å²) >= 11 is 0. The van der Waals surface area contributed by atoms with E-state index in [4.69, 9.17) is 0 Å². The van der Waals surface area contributed by atoms with E-state index in [2.05, 4.69) is 16.8 Å². The fourth-order valence-corrected chi connectivity index (χ4v) is 1.93. The van der Waals surface area contributed by atoms with Gasteiger partial charge in [-0.3, -0.25) is 10.1 Å². The van der Waals surface area contributed by atoms with Crippen molar-refractivity contribution in [2.45, 2.75) is 0 Å². The molecule has 0 aliphatic carbocycles. The molecule has 1 aromatic carbocycles. The molecular weight excluding hydrogens is 242 g/mol. The van der Waals surface area contributed by atoms with Crippen LogP contribution in [0.2, 0.25) is 0 Å². The van der Waals surface area contributed by atoms with Crippen molar-refractivity contribution >= 4 is 11.4 Å². The molecule has 1 aromatic rings. The summed E-state index contributed by atoms with van der Waals surface area (Å²) in [6.07, 6.45) is 0. The van der Waals surface area contributed by atoms with Gasteiger partial charge in [0.05, 0.1) is 4.92 Å².